The summed E-state index contributed by atoms with van der Waals surface area (Å²) in [6, 6.07) is 0. The minimum Gasteiger partial charge on any atom is -0.396 e. The molecule has 0 radical (unpaired) electrons. The molecule has 0 aromatic carbocycles. The van der Waals surface area contributed by atoms with Gasteiger partial charge in [0.05, 0.1) is 5.71 Å². The van der Waals surface area contributed by atoms with Gasteiger partial charge in [-0.2, -0.15) is 0 Å². The number of piperidine rings is 1. The second-order valence-corrected chi connectivity index (χ2v) is 5.67. The van der Waals surface area contributed by atoms with Crippen LogP contribution in [0.1, 0.15) is 38.5 Å². The van der Waals surface area contributed by atoms with E-state index in [4.69, 9.17) is 4.84 Å². The first kappa shape index (κ1) is 10.6. The topological polar surface area (TPSA) is 33.6 Å². The number of hydrogen-bond donors (Lipinski definition) is 1. The molecule has 0 spiro atoms. The van der Waals surface area contributed by atoms with Crippen LogP contribution in [0.5, 0.6) is 0 Å². The molecule has 0 amide bonds. The molecule has 2 aliphatic carbocycles. The molecular formula is C13H22N2O. The summed E-state index contributed by atoms with van der Waals surface area (Å²) in [7, 11) is 0. The second-order valence-electron chi connectivity index (χ2n) is 5.67. The lowest BCUT2D eigenvalue weighted by Crippen LogP contribution is -2.32. The fourth-order valence-electron chi connectivity index (χ4n) is 3.43. The summed E-state index contributed by atoms with van der Waals surface area (Å²) in [4.78, 5) is 5.56. The lowest BCUT2D eigenvalue weighted by atomic mass is 9.99. The molecule has 2 bridgehead atoms. The number of fused-ring (bicyclic) bond motifs is 2. The third-order valence-electron chi connectivity index (χ3n) is 4.40. The zero-order valence-corrected chi connectivity index (χ0v) is 9.95. The highest BCUT2D eigenvalue weighted by Crippen LogP contribution is 2.42. The van der Waals surface area contributed by atoms with Gasteiger partial charge < -0.3 is 10.2 Å². The highest BCUT2D eigenvalue weighted by molar-refractivity contribution is 5.89. The van der Waals surface area contributed by atoms with Gasteiger partial charge in [0.15, 0.2) is 0 Å². The van der Waals surface area contributed by atoms with E-state index in [0.717, 1.165) is 25.0 Å². The first-order valence-electron chi connectivity index (χ1n) is 6.81. The number of nitrogens with zero attached hydrogens (tertiary/aromatic N) is 1. The summed E-state index contributed by atoms with van der Waals surface area (Å²) in [5.74, 6) is 2.38. The van der Waals surface area contributed by atoms with Crippen LogP contribution in [0.2, 0.25) is 0 Å². The van der Waals surface area contributed by atoms with Gasteiger partial charge in [0.2, 0.25) is 0 Å². The lowest BCUT2D eigenvalue weighted by Gasteiger charge is -2.21. The number of nitrogens with one attached hydrogen (secondary N) is 1. The summed E-state index contributed by atoms with van der Waals surface area (Å²) in [5, 5.41) is 7.80. The first-order chi connectivity index (χ1) is 7.92. The van der Waals surface area contributed by atoms with E-state index in [-0.39, 0.29) is 0 Å². The summed E-state index contributed by atoms with van der Waals surface area (Å²) in [6.45, 7) is 3.10. The van der Waals surface area contributed by atoms with Crippen LogP contribution in [0.4, 0.5) is 0 Å². The fraction of sp³-hybridized carbons (Fsp3) is 0.923. The van der Waals surface area contributed by atoms with Crippen molar-refractivity contribution in [3.8, 4) is 0 Å². The van der Waals surface area contributed by atoms with Crippen LogP contribution in [0.3, 0.4) is 0 Å². The predicted molar refractivity (Wildman–Crippen MR) is 64.4 cm³/mol. The number of oxime groups is 1. The monoisotopic (exact) mass is 222 g/mol. The molecule has 1 N–H and O–H groups in total. The van der Waals surface area contributed by atoms with Gasteiger partial charge in [-0.1, -0.05) is 5.16 Å². The summed E-state index contributed by atoms with van der Waals surface area (Å²) >= 11 is 0. The summed E-state index contributed by atoms with van der Waals surface area (Å²) < 4.78 is 0. The van der Waals surface area contributed by atoms with Gasteiger partial charge in [-0.25, -0.2) is 0 Å². The maximum atomic E-state index is 5.56. The van der Waals surface area contributed by atoms with Crippen LogP contribution in [0, 0.1) is 17.8 Å². The van der Waals surface area contributed by atoms with E-state index in [1.165, 1.54) is 50.8 Å². The molecule has 1 unspecified atom stereocenters. The summed E-state index contributed by atoms with van der Waals surface area (Å²) in [5.41, 5.74) is 1.36. The van der Waals surface area contributed by atoms with Crippen molar-refractivity contribution in [1.29, 1.82) is 0 Å². The van der Waals surface area contributed by atoms with Gasteiger partial charge in [0, 0.05) is 18.4 Å². The highest BCUT2D eigenvalue weighted by Gasteiger charge is 2.37. The van der Waals surface area contributed by atoms with Crippen LogP contribution >= 0.6 is 0 Å². The lowest BCUT2D eigenvalue weighted by molar-refractivity contribution is 0.0950. The van der Waals surface area contributed by atoms with E-state index in [2.05, 4.69) is 10.5 Å². The standard InChI is InChI=1S/C13H22N2O/c1-2-11(8-14-5-1)9-16-15-13-7-10-3-4-12(13)6-10/h10-12,14H,1-9H2/b15-13+/t10-,11?,12+/m0/s1. The van der Waals surface area contributed by atoms with Crippen LogP contribution in [0.25, 0.3) is 0 Å². The van der Waals surface area contributed by atoms with Crippen molar-refractivity contribution in [3.05, 3.63) is 0 Å². The Morgan fingerprint density at radius 1 is 1.31 bits per heavy atom. The van der Waals surface area contributed by atoms with Crippen molar-refractivity contribution in [1.82, 2.24) is 5.32 Å². The van der Waals surface area contributed by atoms with Crippen molar-refractivity contribution in [2.45, 2.75) is 38.5 Å². The zero-order chi connectivity index (χ0) is 10.8. The molecule has 1 aliphatic heterocycles. The zero-order valence-electron chi connectivity index (χ0n) is 9.95. The Bertz CT molecular complexity index is 271. The highest BCUT2D eigenvalue weighted by atomic mass is 16.6. The SMILES string of the molecule is C1CNCC(CO/N=C2\C[C@H]3CC[C@@H]2C3)C1. The Morgan fingerprint density at radius 2 is 2.31 bits per heavy atom. The second kappa shape index (κ2) is 4.74. The van der Waals surface area contributed by atoms with Crippen molar-refractivity contribution in [2.75, 3.05) is 19.7 Å². The average Bonchev–Trinajstić information content (AvgIpc) is 2.92. The van der Waals surface area contributed by atoms with E-state index in [1.54, 1.807) is 0 Å². The maximum Gasteiger partial charge on any atom is 0.121 e. The Labute approximate surface area is 97.6 Å². The molecule has 3 heteroatoms. The maximum absolute atomic E-state index is 5.56. The normalized spacial score (nSPS) is 40.5. The Hall–Kier alpha value is -0.570. The Kier molecular flexibility index (Phi) is 3.13. The van der Waals surface area contributed by atoms with Gasteiger partial charge in [0.1, 0.15) is 6.61 Å². The van der Waals surface area contributed by atoms with Gasteiger partial charge in [-0.05, 0) is 51.0 Å². The minimum atomic E-state index is 0.677. The molecule has 2 saturated carbocycles. The van der Waals surface area contributed by atoms with E-state index in [1.807, 2.05) is 0 Å². The van der Waals surface area contributed by atoms with Gasteiger partial charge in [-0.15, -0.1) is 0 Å². The van der Waals surface area contributed by atoms with Crippen LogP contribution in [-0.4, -0.2) is 25.4 Å². The van der Waals surface area contributed by atoms with E-state index >= 15 is 0 Å². The van der Waals surface area contributed by atoms with Gasteiger partial charge in [-0.3, -0.25) is 0 Å². The Morgan fingerprint density at radius 3 is 3.00 bits per heavy atom. The molecule has 16 heavy (non-hydrogen) atoms. The quantitative estimate of drug-likeness (QED) is 0.743. The molecule has 3 nitrogen and oxygen atoms in total. The molecule has 0 aromatic heterocycles. The first-order valence-corrected chi connectivity index (χ1v) is 6.81. The fourth-order valence-corrected chi connectivity index (χ4v) is 3.43. The van der Waals surface area contributed by atoms with E-state index in [0.29, 0.717) is 5.92 Å². The van der Waals surface area contributed by atoms with Crippen LogP contribution in [-0.2, 0) is 4.84 Å². The minimum absolute atomic E-state index is 0.677. The molecule has 0 aromatic rings. The third kappa shape index (κ3) is 2.24. The smallest absolute Gasteiger partial charge is 0.121 e. The molecule has 3 fully saturated rings. The van der Waals surface area contributed by atoms with Crippen molar-refractivity contribution in [2.24, 2.45) is 22.9 Å². The van der Waals surface area contributed by atoms with Crippen molar-refractivity contribution < 1.29 is 4.84 Å². The van der Waals surface area contributed by atoms with Crippen molar-refractivity contribution >= 4 is 5.71 Å². The molecule has 90 valence electrons. The molecule has 3 atom stereocenters. The number of hydrogen-bond acceptors (Lipinski definition) is 3. The third-order valence-corrected chi connectivity index (χ3v) is 4.40. The molecule has 3 rings (SSSR count). The predicted octanol–water partition coefficient (Wildman–Crippen LogP) is 2.18. The van der Waals surface area contributed by atoms with E-state index < -0.39 is 0 Å². The van der Waals surface area contributed by atoms with Crippen LogP contribution < -0.4 is 5.32 Å². The average molecular weight is 222 g/mol. The van der Waals surface area contributed by atoms with Gasteiger partial charge in [0.25, 0.3) is 0 Å². The van der Waals surface area contributed by atoms with E-state index in [9.17, 15) is 0 Å². The largest absolute Gasteiger partial charge is 0.396 e. The van der Waals surface area contributed by atoms with Crippen LogP contribution in [0.15, 0.2) is 5.16 Å². The molecular weight excluding hydrogens is 200 g/mol. The summed E-state index contributed by atoms with van der Waals surface area (Å²) in [6.07, 6.45) is 7.97. The molecule has 1 heterocycles. The molecule has 1 saturated heterocycles. The van der Waals surface area contributed by atoms with Gasteiger partial charge >= 0.3 is 0 Å². The van der Waals surface area contributed by atoms with Crippen molar-refractivity contribution in [3.63, 3.8) is 0 Å². The Balaban J connectivity index is 1.44. The number of rotatable bonds is 3. The molecule has 3 aliphatic rings.